The fourth-order valence-corrected chi connectivity index (χ4v) is 2.98. The second-order valence-electron chi connectivity index (χ2n) is 5.94. The largest absolute Gasteiger partial charge is 0.435 e. The van der Waals surface area contributed by atoms with Crippen molar-refractivity contribution >= 4 is 5.91 Å². The molecule has 0 heterocycles. The molecule has 122 valence electrons. The summed E-state index contributed by atoms with van der Waals surface area (Å²) < 4.78 is 28.5. The molecule has 0 radical (unpaired) electrons. The summed E-state index contributed by atoms with van der Waals surface area (Å²) in [6.07, 6.45) is 6.58. The van der Waals surface area contributed by atoms with E-state index < -0.39 is 6.61 Å². The first kappa shape index (κ1) is 16.7. The molecule has 0 aromatic heterocycles. The van der Waals surface area contributed by atoms with Gasteiger partial charge in [0.15, 0.2) is 0 Å². The molecule has 1 atom stereocenters. The zero-order chi connectivity index (χ0) is 15.9. The number of carbonyl (C=O) groups excluding carboxylic acids is 1. The molecule has 1 unspecified atom stereocenters. The first-order valence-corrected chi connectivity index (χ1v) is 7.88. The molecule has 1 aliphatic carbocycles. The van der Waals surface area contributed by atoms with E-state index in [-0.39, 0.29) is 17.7 Å². The van der Waals surface area contributed by atoms with Gasteiger partial charge in [-0.15, -0.1) is 0 Å². The molecule has 3 nitrogen and oxygen atoms in total. The van der Waals surface area contributed by atoms with Gasteiger partial charge < -0.3 is 10.1 Å². The van der Waals surface area contributed by atoms with E-state index in [1.807, 2.05) is 6.92 Å². The number of rotatable bonds is 6. The van der Waals surface area contributed by atoms with Crippen molar-refractivity contribution in [3.05, 3.63) is 29.8 Å². The monoisotopic (exact) mass is 311 g/mol. The Morgan fingerprint density at radius 1 is 1.23 bits per heavy atom. The highest BCUT2D eigenvalue weighted by Crippen LogP contribution is 2.26. The van der Waals surface area contributed by atoms with Gasteiger partial charge in [-0.05, 0) is 43.4 Å². The summed E-state index contributed by atoms with van der Waals surface area (Å²) >= 11 is 0. The Bertz CT molecular complexity index is 470. The maximum absolute atomic E-state index is 12.1. The summed E-state index contributed by atoms with van der Waals surface area (Å²) in [5, 5.41) is 2.98. The quantitative estimate of drug-likeness (QED) is 0.843. The Balaban J connectivity index is 1.82. The summed E-state index contributed by atoms with van der Waals surface area (Å²) in [5.41, 5.74) is 0.874. The van der Waals surface area contributed by atoms with Crippen LogP contribution < -0.4 is 10.1 Å². The van der Waals surface area contributed by atoms with Gasteiger partial charge in [-0.2, -0.15) is 8.78 Å². The van der Waals surface area contributed by atoms with Gasteiger partial charge in [0.2, 0.25) is 5.91 Å². The molecule has 2 rings (SSSR count). The third kappa shape index (κ3) is 5.28. The lowest BCUT2D eigenvalue weighted by Crippen LogP contribution is -2.28. The topological polar surface area (TPSA) is 38.3 Å². The molecule has 0 spiro atoms. The van der Waals surface area contributed by atoms with Crippen LogP contribution in [0.2, 0.25) is 0 Å². The van der Waals surface area contributed by atoms with E-state index in [0.717, 1.165) is 18.4 Å². The Kier molecular flexibility index (Phi) is 6.16. The molecule has 1 aromatic carbocycles. The number of hydrogen-bond donors (Lipinski definition) is 1. The number of hydrogen-bond acceptors (Lipinski definition) is 2. The Labute approximate surface area is 130 Å². The molecule has 1 aliphatic rings. The molecule has 1 fully saturated rings. The van der Waals surface area contributed by atoms with Crippen LogP contribution in [0.25, 0.3) is 0 Å². The smallest absolute Gasteiger partial charge is 0.387 e. The van der Waals surface area contributed by atoms with Crippen LogP contribution in [-0.2, 0) is 4.79 Å². The summed E-state index contributed by atoms with van der Waals surface area (Å²) in [6, 6.07) is 6.24. The van der Waals surface area contributed by atoms with E-state index in [9.17, 15) is 13.6 Å². The predicted molar refractivity (Wildman–Crippen MR) is 80.8 cm³/mol. The van der Waals surface area contributed by atoms with Crippen molar-refractivity contribution in [2.24, 2.45) is 5.92 Å². The average Bonchev–Trinajstić information content (AvgIpc) is 2.48. The van der Waals surface area contributed by atoms with Crippen molar-refractivity contribution in [1.29, 1.82) is 0 Å². The minimum atomic E-state index is -2.82. The molecule has 22 heavy (non-hydrogen) atoms. The van der Waals surface area contributed by atoms with E-state index in [4.69, 9.17) is 0 Å². The molecular formula is C17H23F2NO2. The number of amides is 1. The zero-order valence-corrected chi connectivity index (χ0v) is 12.9. The molecule has 1 saturated carbocycles. The SMILES string of the molecule is CC(NC(=O)CC1CCCCC1)c1ccc(OC(F)F)cc1. The number of alkyl halides is 2. The third-order valence-corrected chi connectivity index (χ3v) is 4.18. The van der Waals surface area contributed by atoms with Crippen LogP contribution >= 0.6 is 0 Å². The molecule has 0 bridgehead atoms. The number of halogens is 2. The van der Waals surface area contributed by atoms with Crippen LogP contribution in [0.1, 0.15) is 57.1 Å². The minimum Gasteiger partial charge on any atom is -0.435 e. The molecule has 0 aliphatic heterocycles. The highest BCUT2D eigenvalue weighted by Gasteiger charge is 2.18. The lowest BCUT2D eigenvalue weighted by molar-refractivity contribution is -0.122. The van der Waals surface area contributed by atoms with E-state index in [2.05, 4.69) is 10.1 Å². The first-order chi connectivity index (χ1) is 10.5. The highest BCUT2D eigenvalue weighted by atomic mass is 19.3. The zero-order valence-electron chi connectivity index (χ0n) is 12.9. The number of nitrogens with one attached hydrogen (secondary N) is 1. The summed E-state index contributed by atoms with van der Waals surface area (Å²) in [7, 11) is 0. The molecule has 1 amide bonds. The van der Waals surface area contributed by atoms with Gasteiger partial charge in [-0.3, -0.25) is 4.79 Å². The second-order valence-corrected chi connectivity index (χ2v) is 5.94. The van der Waals surface area contributed by atoms with Crippen molar-refractivity contribution < 1.29 is 18.3 Å². The Morgan fingerprint density at radius 3 is 2.45 bits per heavy atom. The van der Waals surface area contributed by atoms with E-state index in [0.29, 0.717) is 12.3 Å². The van der Waals surface area contributed by atoms with E-state index in [1.54, 1.807) is 12.1 Å². The standard InChI is InChI=1S/C17H23F2NO2/c1-12(14-7-9-15(10-8-14)22-17(18)19)20-16(21)11-13-5-3-2-4-6-13/h7-10,12-13,17H,2-6,11H2,1H3,(H,20,21). The van der Waals surface area contributed by atoms with E-state index in [1.165, 1.54) is 31.4 Å². The van der Waals surface area contributed by atoms with Gasteiger partial charge in [-0.1, -0.05) is 31.4 Å². The normalized spacial score (nSPS) is 17.3. The van der Waals surface area contributed by atoms with E-state index >= 15 is 0 Å². The lowest BCUT2D eigenvalue weighted by Gasteiger charge is -2.22. The fourth-order valence-electron chi connectivity index (χ4n) is 2.98. The van der Waals surface area contributed by atoms with Crippen molar-refractivity contribution in [1.82, 2.24) is 5.32 Å². The van der Waals surface area contributed by atoms with Crippen LogP contribution in [-0.4, -0.2) is 12.5 Å². The van der Waals surface area contributed by atoms with Gasteiger partial charge in [0.05, 0.1) is 6.04 Å². The van der Waals surface area contributed by atoms with Crippen molar-refractivity contribution in [2.45, 2.75) is 58.1 Å². The van der Waals surface area contributed by atoms with Crippen molar-refractivity contribution in [3.63, 3.8) is 0 Å². The van der Waals surface area contributed by atoms with Crippen LogP contribution in [0.3, 0.4) is 0 Å². The first-order valence-electron chi connectivity index (χ1n) is 7.88. The third-order valence-electron chi connectivity index (χ3n) is 4.18. The molecule has 1 N–H and O–H groups in total. The molecule has 5 heteroatoms. The Hall–Kier alpha value is -1.65. The van der Waals surface area contributed by atoms with Gasteiger partial charge in [0.25, 0.3) is 0 Å². The van der Waals surface area contributed by atoms with Crippen LogP contribution in [0, 0.1) is 5.92 Å². The molecular weight excluding hydrogens is 288 g/mol. The number of benzene rings is 1. The maximum atomic E-state index is 12.1. The molecule has 1 aromatic rings. The second kappa shape index (κ2) is 8.11. The Morgan fingerprint density at radius 2 is 1.86 bits per heavy atom. The van der Waals surface area contributed by atoms with Gasteiger partial charge in [0, 0.05) is 6.42 Å². The maximum Gasteiger partial charge on any atom is 0.387 e. The number of ether oxygens (including phenoxy) is 1. The predicted octanol–water partition coefficient (Wildman–Crippen LogP) is 4.44. The van der Waals surface area contributed by atoms with Crippen molar-refractivity contribution in [3.8, 4) is 5.75 Å². The number of carbonyl (C=O) groups is 1. The van der Waals surface area contributed by atoms with Crippen LogP contribution in [0.4, 0.5) is 8.78 Å². The average molecular weight is 311 g/mol. The summed E-state index contributed by atoms with van der Waals surface area (Å²) in [4.78, 5) is 12.1. The van der Waals surface area contributed by atoms with Crippen LogP contribution in [0.5, 0.6) is 5.75 Å². The summed E-state index contributed by atoms with van der Waals surface area (Å²) in [5.74, 6) is 0.689. The molecule has 0 saturated heterocycles. The fraction of sp³-hybridized carbons (Fsp3) is 0.588. The van der Waals surface area contributed by atoms with Gasteiger partial charge in [-0.25, -0.2) is 0 Å². The lowest BCUT2D eigenvalue weighted by atomic mass is 9.87. The highest BCUT2D eigenvalue weighted by molar-refractivity contribution is 5.76. The van der Waals surface area contributed by atoms with Gasteiger partial charge in [0.1, 0.15) is 5.75 Å². The summed E-state index contributed by atoms with van der Waals surface area (Å²) in [6.45, 7) is -0.930. The van der Waals surface area contributed by atoms with Gasteiger partial charge >= 0.3 is 6.61 Å². The van der Waals surface area contributed by atoms with Crippen molar-refractivity contribution in [2.75, 3.05) is 0 Å². The van der Waals surface area contributed by atoms with Crippen LogP contribution in [0.15, 0.2) is 24.3 Å². The minimum absolute atomic E-state index is 0.0623.